The van der Waals surface area contributed by atoms with Gasteiger partial charge in [-0.1, -0.05) is 66.2 Å². The van der Waals surface area contributed by atoms with E-state index in [1.54, 1.807) is 0 Å². The molecule has 0 aromatic heterocycles. The molecule has 3 aromatic rings. The van der Waals surface area contributed by atoms with Crippen LogP contribution in [0.4, 0.5) is 11.4 Å². The second-order valence-electron chi connectivity index (χ2n) is 9.24. The molecule has 3 aromatic carbocycles. The van der Waals surface area contributed by atoms with Crippen LogP contribution in [0.3, 0.4) is 0 Å². The number of benzene rings is 3. The van der Waals surface area contributed by atoms with Gasteiger partial charge in [-0.2, -0.15) is 20.2 Å². The quantitative estimate of drug-likeness (QED) is 0.571. The van der Waals surface area contributed by atoms with Gasteiger partial charge in [0.15, 0.2) is 0 Å². The van der Waals surface area contributed by atoms with Gasteiger partial charge in [-0.15, -0.1) is 0 Å². The number of nitrogens with zero attached hydrogens (tertiary/aromatic N) is 4. The standard InChI is InChI=1S/C28H24N4O2/c1-18-11-10-12-21(17-18)24-27(19(2)29-31(25(27)33)22-13-6-4-7-14-22)28(24)20(3)30-32(26(28)34)23-15-8-5-9-16-23/h4-17,24H,1-3H3/t27-,28-/m0/s1. The van der Waals surface area contributed by atoms with Crippen LogP contribution in [0.1, 0.15) is 30.9 Å². The predicted molar refractivity (Wildman–Crippen MR) is 133 cm³/mol. The van der Waals surface area contributed by atoms with Gasteiger partial charge in [-0.05, 0) is 50.6 Å². The second kappa shape index (κ2) is 6.97. The Bertz CT molecular complexity index is 1310. The Labute approximate surface area is 198 Å². The fourth-order valence-electron chi connectivity index (χ4n) is 6.08. The second-order valence-corrected chi connectivity index (χ2v) is 9.24. The fourth-order valence-corrected chi connectivity index (χ4v) is 6.08. The highest BCUT2D eigenvalue weighted by molar-refractivity contribution is 6.37. The molecule has 0 radical (unpaired) electrons. The van der Waals surface area contributed by atoms with Crippen molar-refractivity contribution in [3.8, 4) is 0 Å². The Kier molecular flexibility index (Phi) is 4.21. The van der Waals surface area contributed by atoms with Crippen molar-refractivity contribution in [1.29, 1.82) is 0 Å². The van der Waals surface area contributed by atoms with E-state index in [1.807, 2.05) is 99.6 Å². The Morgan fingerprint density at radius 3 is 1.56 bits per heavy atom. The number of aryl methyl sites for hydroxylation is 1. The van der Waals surface area contributed by atoms with Crippen LogP contribution in [-0.4, -0.2) is 23.2 Å². The third-order valence-corrected chi connectivity index (χ3v) is 7.48. The SMILES string of the molecule is CC1=NN(c2ccccc2)C(=O)[C@@]12C(c1cccc(C)c1)[C@@]21C(=O)N(c2ccccc2)N=C1C. The number of rotatable bonds is 3. The van der Waals surface area contributed by atoms with Crippen LogP contribution in [0.25, 0.3) is 0 Å². The first kappa shape index (κ1) is 20.5. The van der Waals surface area contributed by atoms with Gasteiger partial charge in [0.05, 0.1) is 22.8 Å². The van der Waals surface area contributed by atoms with Crippen LogP contribution in [0, 0.1) is 17.8 Å². The normalized spacial score (nSPS) is 27.6. The van der Waals surface area contributed by atoms with Crippen molar-refractivity contribution in [2.24, 2.45) is 21.0 Å². The summed E-state index contributed by atoms with van der Waals surface area (Å²) in [7, 11) is 0. The first-order valence-corrected chi connectivity index (χ1v) is 11.4. The Morgan fingerprint density at radius 1 is 0.647 bits per heavy atom. The summed E-state index contributed by atoms with van der Waals surface area (Å²) >= 11 is 0. The molecule has 2 aliphatic heterocycles. The molecule has 3 aliphatic rings. The van der Waals surface area contributed by atoms with Gasteiger partial charge in [0.25, 0.3) is 11.8 Å². The van der Waals surface area contributed by atoms with E-state index >= 15 is 0 Å². The average molecular weight is 449 g/mol. The zero-order valence-electron chi connectivity index (χ0n) is 19.3. The van der Waals surface area contributed by atoms with Crippen LogP contribution >= 0.6 is 0 Å². The molecule has 2 spiro atoms. The molecule has 1 saturated carbocycles. The smallest absolute Gasteiger partial charge is 0.261 e. The highest BCUT2D eigenvalue weighted by Crippen LogP contribution is 2.79. The summed E-state index contributed by atoms with van der Waals surface area (Å²) in [6.45, 7) is 5.75. The highest BCUT2D eigenvalue weighted by atomic mass is 16.2. The van der Waals surface area contributed by atoms with Gasteiger partial charge in [0, 0.05) is 5.92 Å². The van der Waals surface area contributed by atoms with E-state index in [0.717, 1.165) is 11.1 Å². The third kappa shape index (κ3) is 2.35. The number of para-hydroxylation sites is 2. The maximum Gasteiger partial charge on any atom is 0.261 e. The topological polar surface area (TPSA) is 65.3 Å². The molecular weight excluding hydrogens is 424 g/mol. The summed E-state index contributed by atoms with van der Waals surface area (Å²) in [5, 5.41) is 12.3. The molecule has 1 aliphatic carbocycles. The third-order valence-electron chi connectivity index (χ3n) is 7.48. The monoisotopic (exact) mass is 448 g/mol. The number of hydrazone groups is 2. The molecule has 2 heterocycles. The van der Waals surface area contributed by atoms with Crippen LogP contribution in [0.5, 0.6) is 0 Å². The summed E-state index contributed by atoms with van der Waals surface area (Å²) in [5.41, 5.74) is 2.49. The first-order chi connectivity index (χ1) is 16.4. The Balaban J connectivity index is 1.54. The minimum Gasteiger partial charge on any atom is -0.271 e. The van der Waals surface area contributed by atoms with Gasteiger partial charge in [-0.3, -0.25) is 9.59 Å². The van der Waals surface area contributed by atoms with E-state index in [2.05, 4.69) is 6.07 Å². The molecule has 6 rings (SSSR count). The Hall–Kier alpha value is -4.06. The van der Waals surface area contributed by atoms with Crippen molar-refractivity contribution in [2.45, 2.75) is 26.7 Å². The molecule has 34 heavy (non-hydrogen) atoms. The van der Waals surface area contributed by atoms with Crippen molar-refractivity contribution < 1.29 is 9.59 Å². The summed E-state index contributed by atoms with van der Waals surface area (Å²) < 4.78 is 0. The van der Waals surface area contributed by atoms with Crippen molar-refractivity contribution >= 4 is 34.6 Å². The lowest BCUT2D eigenvalue weighted by atomic mass is 9.85. The summed E-state index contributed by atoms with van der Waals surface area (Å²) in [6, 6.07) is 26.8. The van der Waals surface area contributed by atoms with Crippen molar-refractivity contribution in [3.05, 3.63) is 96.1 Å². The molecule has 2 atom stereocenters. The summed E-state index contributed by atoms with van der Waals surface area (Å²) in [5.74, 6) is -0.740. The number of fused-ring (bicyclic) bond motifs is 1. The highest BCUT2D eigenvalue weighted by Gasteiger charge is 2.91. The van der Waals surface area contributed by atoms with E-state index in [1.165, 1.54) is 10.0 Å². The maximum absolute atomic E-state index is 14.3. The van der Waals surface area contributed by atoms with E-state index < -0.39 is 10.8 Å². The number of carbonyl (C=O) groups is 2. The van der Waals surface area contributed by atoms with Crippen LogP contribution in [0.15, 0.2) is 95.1 Å². The van der Waals surface area contributed by atoms with E-state index in [0.29, 0.717) is 22.8 Å². The lowest BCUT2D eigenvalue weighted by Crippen LogP contribution is -2.40. The molecular formula is C28H24N4O2. The fraction of sp³-hybridized carbons (Fsp3) is 0.214. The minimum absolute atomic E-state index is 0.180. The van der Waals surface area contributed by atoms with Gasteiger partial charge in [0.2, 0.25) is 0 Å². The lowest BCUT2D eigenvalue weighted by Gasteiger charge is -2.18. The van der Waals surface area contributed by atoms with Crippen molar-refractivity contribution in [3.63, 3.8) is 0 Å². The predicted octanol–water partition coefficient (Wildman–Crippen LogP) is 4.91. The largest absolute Gasteiger partial charge is 0.271 e. The van der Waals surface area contributed by atoms with Gasteiger partial charge in [0.1, 0.15) is 10.8 Å². The molecule has 0 bridgehead atoms. The van der Waals surface area contributed by atoms with Gasteiger partial charge >= 0.3 is 0 Å². The number of carbonyl (C=O) groups excluding carboxylic acids is 2. The number of anilines is 2. The first-order valence-electron chi connectivity index (χ1n) is 11.4. The number of amides is 2. The zero-order valence-corrected chi connectivity index (χ0v) is 19.3. The molecule has 0 N–H and O–H groups in total. The van der Waals surface area contributed by atoms with Crippen LogP contribution in [0.2, 0.25) is 0 Å². The van der Waals surface area contributed by atoms with Gasteiger partial charge < -0.3 is 0 Å². The average Bonchev–Trinajstić information content (AvgIpc) is 3.34. The number of hydrogen-bond donors (Lipinski definition) is 0. The summed E-state index contributed by atoms with van der Waals surface area (Å²) in [4.78, 5) is 28.5. The summed E-state index contributed by atoms with van der Waals surface area (Å²) in [6.07, 6.45) is 0. The van der Waals surface area contributed by atoms with E-state index in [4.69, 9.17) is 10.2 Å². The molecule has 6 nitrogen and oxygen atoms in total. The van der Waals surface area contributed by atoms with E-state index in [9.17, 15) is 9.59 Å². The van der Waals surface area contributed by atoms with Gasteiger partial charge in [-0.25, -0.2) is 0 Å². The lowest BCUT2D eigenvalue weighted by molar-refractivity contribution is -0.126. The molecule has 0 unspecified atom stereocenters. The molecule has 2 amide bonds. The zero-order chi connectivity index (χ0) is 23.7. The molecule has 1 fully saturated rings. The van der Waals surface area contributed by atoms with Crippen molar-refractivity contribution in [1.82, 2.24) is 0 Å². The minimum atomic E-state index is -1.11. The van der Waals surface area contributed by atoms with Crippen molar-refractivity contribution in [2.75, 3.05) is 10.0 Å². The Morgan fingerprint density at radius 2 is 1.12 bits per heavy atom. The molecule has 0 saturated heterocycles. The number of hydrogen-bond acceptors (Lipinski definition) is 4. The van der Waals surface area contributed by atoms with Crippen LogP contribution < -0.4 is 10.0 Å². The van der Waals surface area contributed by atoms with Crippen LogP contribution in [-0.2, 0) is 9.59 Å². The molecule has 6 heteroatoms. The van der Waals surface area contributed by atoms with E-state index in [-0.39, 0.29) is 17.7 Å². The maximum atomic E-state index is 14.3. The molecule has 168 valence electrons.